The summed E-state index contributed by atoms with van der Waals surface area (Å²) in [6.07, 6.45) is 3.21. The normalized spacial score (nSPS) is 10.3. The Labute approximate surface area is 108 Å². The van der Waals surface area contributed by atoms with Gasteiger partial charge < -0.3 is 19.7 Å². The van der Waals surface area contributed by atoms with Crippen molar-refractivity contribution < 1.29 is 19.7 Å². The van der Waals surface area contributed by atoms with E-state index in [-0.39, 0.29) is 13.2 Å². The van der Waals surface area contributed by atoms with E-state index >= 15 is 0 Å². The Morgan fingerprint density at radius 2 is 1.28 bits per heavy atom. The number of aliphatic hydroxyl groups excluding tert-OH is 2. The maximum Gasteiger partial charge on any atom is 0.122 e. The Bertz CT molecular complexity index is 287. The third-order valence-electron chi connectivity index (χ3n) is 2.45. The zero-order valence-electron chi connectivity index (χ0n) is 10.7. The quantitative estimate of drug-likeness (QED) is 0.627. The molecule has 0 spiro atoms. The van der Waals surface area contributed by atoms with E-state index < -0.39 is 0 Å². The van der Waals surface area contributed by atoms with Crippen molar-refractivity contribution in [3.63, 3.8) is 0 Å². The Balaban J connectivity index is 2.27. The molecule has 1 aromatic rings. The van der Waals surface area contributed by atoms with Crippen molar-refractivity contribution in [3.05, 3.63) is 24.3 Å². The van der Waals surface area contributed by atoms with Crippen LogP contribution in [-0.4, -0.2) is 36.6 Å². The number of hydrogen-bond donors (Lipinski definition) is 2. The molecule has 0 atom stereocenters. The lowest BCUT2D eigenvalue weighted by atomic mass is 10.3. The van der Waals surface area contributed by atoms with Crippen LogP contribution in [0, 0.1) is 0 Å². The number of aliphatic hydroxyl groups is 2. The van der Waals surface area contributed by atoms with Gasteiger partial charge in [-0.15, -0.1) is 0 Å². The zero-order chi connectivity index (χ0) is 13.1. The number of hydrogen-bond acceptors (Lipinski definition) is 4. The first-order valence-electron chi connectivity index (χ1n) is 6.44. The van der Waals surface area contributed by atoms with Crippen LogP contribution in [0.3, 0.4) is 0 Å². The molecule has 4 heteroatoms. The monoisotopic (exact) mass is 254 g/mol. The van der Waals surface area contributed by atoms with Crippen LogP contribution in [0.5, 0.6) is 11.5 Å². The van der Waals surface area contributed by atoms with Crippen molar-refractivity contribution in [1.82, 2.24) is 0 Å². The van der Waals surface area contributed by atoms with E-state index in [9.17, 15) is 0 Å². The highest BCUT2D eigenvalue weighted by Gasteiger charge is 1.98. The van der Waals surface area contributed by atoms with Crippen molar-refractivity contribution in [2.45, 2.75) is 25.7 Å². The molecule has 0 amide bonds. The summed E-state index contributed by atoms with van der Waals surface area (Å²) in [6, 6.07) is 7.53. The molecule has 0 radical (unpaired) electrons. The largest absolute Gasteiger partial charge is 0.493 e. The summed E-state index contributed by atoms with van der Waals surface area (Å²) in [5, 5.41) is 17.3. The first kappa shape index (κ1) is 14.8. The molecular formula is C14H22O4. The number of benzene rings is 1. The van der Waals surface area contributed by atoms with Gasteiger partial charge in [-0.1, -0.05) is 6.07 Å². The van der Waals surface area contributed by atoms with Crippen LogP contribution in [0.15, 0.2) is 24.3 Å². The van der Waals surface area contributed by atoms with Crippen molar-refractivity contribution in [3.8, 4) is 11.5 Å². The molecular weight excluding hydrogens is 232 g/mol. The van der Waals surface area contributed by atoms with Crippen LogP contribution >= 0.6 is 0 Å². The fraction of sp³-hybridized carbons (Fsp3) is 0.571. The summed E-state index contributed by atoms with van der Waals surface area (Å²) in [5.74, 6) is 1.57. The summed E-state index contributed by atoms with van der Waals surface area (Å²) in [6.45, 7) is 1.62. The summed E-state index contributed by atoms with van der Waals surface area (Å²) in [4.78, 5) is 0. The van der Waals surface area contributed by atoms with E-state index in [2.05, 4.69) is 0 Å². The third kappa shape index (κ3) is 6.47. The Hall–Kier alpha value is -1.26. The van der Waals surface area contributed by atoms with E-state index in [4.69, 9.17) is 19.7 Å². The molecule has 102 valence electrons. The molecule has 0 unspecified atom stereocenters. The molecule has 0 aliphatic heterocycles. The lowest BCUT2D eigenvalue weighted by Gasteiger charge is -2.09. The van der Waals surface area contributed by atoms with Gasteiger partial charge in [-0.05, 0) is 37.8 Å². The minimum atomic E-state index is 0.206. The van der Waals surface area contributed by atoms with Crippen LogP contribution in [0.25, 0.3) is 0 Å². The molecule has 0 fully saturated rings. The summed E-state index contributed by atoms with van der Waals surface area (Å²) in [7, 11) is 0. The fourth-order valence-corrected chi connectivity index (χ4v) is 1.46. The number of rotatable bonds is 10. The van der Waals surface area contributed by atoms with Crippen LogP contribution in [0.4, 0.5) is 0 Å². The predicted molar refractivity (Wildman–Crippen MR) is 70.1 cm³/mol. The van der Waals surface area contributed by atoms with Gasteiger partial charge in [-0.3, -0.25) is 0 Å². The Kier molecular flexibility index (Phi) is 8.01. The van der Waals surface area contributed by atoms with Gasteiger partial charge in [-0.25, -0.2) is 0 Å². The molecule has 2 N–H and O–H groups in total. The second kappa shape index (κ2) is 9.74. The highest BCUT2D eigenvalue weighted by molar-refractivity contribution is 5.32. The topological polar surface area (TPSA) is 58.9 Å². The first-order chi connectivity index (χ1) is 8.86. The SMILES string of the molecule is OCCCCOc1cccc(OCCCCO)c1. The van der Waals surface area contributed by atoms with Crippen LogP contribution in [0.1, 0.15) is 25.7 Å². The smallest absolute Gasteiger partial charge is 0.122 e. The second-order valence-corrected chi connectivity index (χ2v) is 4.03. The average molecular weight is 254 g/mol. The molecule has 1 aromatic carbocycles. The molecule has 0 aliphatic carbocycles. The van der Waals surface area contributed by atoms with Gasteiger partial charge in [0.1, 0.15) is 11.5 Å². The minimum Gasteiger partial charge on any atom is -0.493 e. The van der Waals surface area contributed by atoms with Crippen LogP contribution in [-0.2, 0) is 0 Å². The van der Waals surface area contributed by atoms with E-state index in [1.165, 1.54) is 0 Å². The molecule has 0 saturated carbocycles. The molecule has 0 bridgehead atoms. The molecule has 4 nitrogen and oxygen atoms in total. The van der Waals surface area contributed by atoms with Crippen LogP contribution < -0.4 is 9.47 Å². The highest BCUT2D eigenvalue weighted by Crippen LogP contribution is 2.19. The lowest BCUT2D eigenvalue weighted by Crippen LogP contribution is -2.00. The minimum absolute atomic E-state index is 0.206. The van der Waals surface area contributed by atoms with Crippen molar-refractivity contribution in [1.29, 1.82) is 0 Å². The molecule has 0 aliphatic rings. The first-order valence-corrected chi connectivity index (χ1v) is 6.44. The maximum atomic E-state index is 8.66. The van der Waals surface area contributed by atoms with E-state index in [0.717, 1.165) is 37.2 Å². The summed E-state index contributed by atoms with van der Waals surface area (Å²) in [5.41, 5.74) is 0. The van der Waals surface area contributed by atoms with E-state index in [1.54, 1.807) is 0 Å². The average Bonchev–Trinajstić information content (AvgIpc) is 2.40. The van der Waals surface area contributed by atoms with E-state index in [1.807, 2.05) is 24.3 Å². The Morgan fingerprint density at radius 1 is 0.778 bits per heavy atom. The number of unbranched alkanes of at least 4 members (excludes halogenated alkanes) is 2. The van der Waals surface area contributed by atoms with Crippen molar-refractivity contribution in [2.75, 3.05) is 26.4 Å². The summed E-state index contributed by atoms with van der Waals surface area (Å²) >= 11 is 0. The van der Waals surface area contributed by atoms with Gasteiger partial charge in [0.05, 0.1) is 13.2 Å². The van der Waals surface area contributed by atoms with Gasteiger partial charge >= 0.3 is 0 Å². The highest BCUT2D eigenvalue weighted by atomic mass is 16.5. The maximum absolute atomic E-state index is 8.66. The number of ether oxygens (including phenoxy) is 2. The van der Waals surface area contributed by atoms with Crippen molar-refractivity contribution >= 4 is 0 Å². The Morgan fingerprint density at radius 3 is 1.72 bits per heavy atom. The lowest BCUT2D eigenvalue weighted by molar-refractivity contribution is 0.247. The molecule has 1 rings (SSSR count). The fourth-order valence-electron chi connectivity index (χ4n) is 1.46. The molecule has 0 aromatic heterocycles. The standard InChI is InChI=1S/C14H22O4/c15-8-1-3-10-17-13-6-5-7-14(12-13)18-11-4-2-9-16/h5-7,12,15-16H,1-4,8-11H2. The predicted octanol–water partition coefficient (Wildman–Crippen LogP) is 1.99. The summed E-state index contributed by atoms with van der Waals surface area (Å²) < 4.78 is 11.1. The van der Waals surface area contributed by atoms with Gasteiger partial charge in [0, 0.05) is 19.3 Å². The van der Waals surface area contributed by atoms with Gasteiger partial charge in [0.25, 0.3) is 0 Å². The third-order valence-corrected chi connectivity index (χ3v) is 2.45. The van der Waals surface area contributed by atoms with E-state index in [0.29, 0.717) is 13.2 Å². The molecule has 18 heavy (non-hydrogen) atoms. The van der Waals surface area contributed by atoms with Crippen LogP contribution in [0.2, 0.25) is 0 Å². The van der Waals surface area contributed by atoms with Gasteiger partial charge in [0.15, 0.2) is 0 Å². The molecule has 0 saturated heterocycles. The second-order valence-electron chi connectivity index (χ2n) is 4.03. The zero-order valence-corrected chi connectivity index (χ0v) is 10.7. The van der Waals surface area contributed by atoms with Crippen molar-refractivity contribution in [2.24, 2.45) is 0 Å². The molecule has 0 heterocycles. The van der Waals surface area contributed by atoms with Gasteiger partial charge in [0.2, 0.25) is 0 Å². The van der Waals surface area contributed by atoms with Gasteiger partial charge in [-0.2, -0.15) is 0 Å².